The van der Waals surface area contributed by atoms with E-state index in [4.69, 9.17) is 0 Å². The molecule has 1 unspecified atom stereocenters. The second kappa shape index (κ2) is 11.3. The number of piperidine rings is 1. The van der Waals surface area contributed by atoms with Gasteiger partial charge in [0.1, 0.15) is 0 Å². The van der Waals surface area contributed by atoms with Gasteiger partial charge in [-0.05, 0) is 48.1 Å². The molecule has 4 aromatic rings. The van der Waals surface area contributed by atoms with Crippen LogP contribution in [-0.2, 0) is 16.6 Å². The summed E-state index contributed by atoms with van der Waals surface area (Å²) in [5.41, 5.74) is 3.30. The van der Waals surface area contributed by atoms with Gasteiger partial charge in [0.15, 0.2) is 0 Å². The monoisotopic (exact) mass is 541 g/mol. The molecule has 6 nitrogen and oxygen atoms in total. The van der Waals surface area contributed by atoms with Crippen LogP contribution in [0.3, 0.4) is 0 Å². The third kappa shape index (κ3) is 5.91. The Labute approximate surface area is 231 Å². The molecule has 0 aromatic heterocycles. The Balaban J connectivity index is 1.37. The van der Waals surface area contributed by atoms with Gasteiger partial charge in [-0.3, -0.25) is 9.69 Å². The first-order valence-corrected chi connectivity index (χ1v) is 14.9. The first kappa shape index (κ1) is 27.1. The molecule has 5 rings (SSSR count). The van der Waals surface area contributed by atoms with Crippen molar-refractivity contribution in [2.45, 2.75) is 38.3 Å². The third-order valence-corrected chi connectivity index (χ3v) is 9.19. The zero-order valence-corrected chi connectivity index (χ0v) is 23.4. The van der Waals surface area contributed by atoms with E-state index in [1.165, 1.54) is 5.56 Å². The van der Waals surface area contributed by atoms with E-state index in [2.05, 4.69) is 40.9 Å². The van der Waals surface area contributed by atoms with Crippen LogP contribution in [0.4, 0.5) is 5.69 Å². The van der Waals surface area contributed by atoms with Crippen molar-refractivity contribution in [2.24, 2.45) is 11.8 Å². The molecule has 202 valence electrons. The lowest BCUT2D eigenvalue weighted by Gasteiger charge is -2.41. The van der Waals surface area contributed by atoms with E-state index in [0.717, 1.165) is 25.2 Å². The van der Waals surface area contributed by atoms with Crippen LogP contribution in [0.15, 0.2) is 95.9 Å². The van der Waals surface area contributed by atoms with Gasteiger partial charge >= 0.3 is 0 Å². The van der Waals surface area contributed by atoms with Gasteiger partial charge in [0.2, 0.25) is 10.0 Å². The maximum Gasteiger partial charge on any atom is 0.255 e. The Morgan fingerprint density at radius 3 is 2.13 bits per heavy atom. The van der Waals surface area contributed by atoms with E-state index in [1.54, 1.807) is 24.3 Å². The summed E-state index contributed by atoms with van der Waals surface area (Å²) in [7, 11) is -3.81. The van der Waals surface area contributed by atoms with Gasteiger partial charge in [-0.2, -0.15) is 0 Å². The molecule has 1 saturated heterocycles. The van der Waals surface area contributed by atoms with Crippen LogP contribution in [0.1, 0.15) is 35.3 Å². The molecule has 7 heteroatoms. The molecular formula is C32H35N3O3S. The molecule has 1 fully saturated rings. The standard InChI is InChI=1S/C32H35N3O3S/c1-22-11-7-8-14-26(22)32(36)33-29-17-18-30(28-16-10-9-15-27(28)29)39(37,38)34-31-23(2)19-35(20-24(31)3)21-25-12-5-4-6-13-25/h4-18,23-24,31,34H,19-21H2,1-3H3,(H,33,36)/t23-,24+,31?. The van der Waals surface area contributed by atoms with E-state index in [0.29, 0.717) is 22.0 Å². The van der Waals surface area contributed by atoms with E-state index in [1.807, 2.05) is 61.5 Å². The Bertz CT molecular complexity index is 1580. The second-order valence-corrected chi connectivity index (χ2v) is 12.4. The summed E-state index contributed by atoms with van der Waals surface area (Å²) in [5, 5.41) is 4.24. The predicted octanol–water partition coefficient (Wildman–Crippen LogP) is 5.84. The van der Waals surface area contributed by atoms with Crippen LogP contribution in [0, 0.1) is 18.8 Å². The summed E-state index contributed by atoms with van der Waals surface area (Å²) in [4.78, 5) is 15.6. The average molecular weight is 542 g/mol. The van der Waals surface area contributed by atoms with Crippen molar-refractivity contribution in [3.63, 3.8) is 0 Å². The second-order valence-electron chi connectivity index (χ2n) is 10.7. The lowest BCUT2D eigenvalue weighted by Crippen LogP contribution is -2.54. The summed E-state index contributed by atoms with van der Waals surface area (Å²) in [6.45, 7) is 8.61. The van der Waals surface area contributed by atoms with Gasteiger partial charge in [-0.25, -0.2) is 13.1 Å². The number of carbonyl (C=O) groups is 1. The van der Waals surface area contributed by atoms with E-state index in [-0.39, 0.29) is 28.7 Å². The number of aryl methyl sites for hydroxylation is 1. The normalized spacial score (nSPS) is 20.1. The summed E-state index contributed by atoms with van der Waals surface area (Å²) >= 11 is 0. The molecule has 4 aromatic carbocycles. The topological polar surface area (TPSA) is 78.5 Å². The number of hydrogen-bond acceptors (Lipinski definition) is 4. The molecule has 1 heterocycles. The Hall–Kier alpha value is -3.52. The van der Waals surface area contributed by atoms with Crippen LogP contribution in [-0.4, -0.2) is 38.4 Å². The van der Waals surface area contributed by atoms with E-state index in [9.17, 15) is 13.2 Å². The molecule has 0 spiro atoms. The number of carbonyl (C=O) groups excluding carboxylic acids is 1. The number of rotatable bonds is 7. The fourth-order valence-corrected chi connectivity index (χ4v) is 7.42. The van der Waals surface area contributed by atoms with Crippen molar-refractivity contribution < 1.29 is 13.2 Å². The average Bonchev–Trinajstić information content (AvgIpc) is 2.91. The molecule has 1 aliphatic heterocycles. The Kier molecular flexibility index (Phi) is 7.84. The minimum absolute atomic E-state index is 0.145. The zero-order valence-electron chi connectivity index (χ0n) is 22.6. The molecule has 2 N–H and O–H groups in total. The molecule has 0 saturated carbocycles. The van der Waals surface area contributed by atoms with Gasteiger partial charge in [0, 0.05) is 47.7 Å². The number of nitrogens with zero attached hydrogens (tertiary/aromatic N) is 1. The van der Waals surface area contributed by atoms with Gasteiger partial charge in [0.25, 0.3) is 5.91 Å². The molecule has 0 radical (unpaired) electrons. The van der Waals surface area contributed by atoms with Crippen LogP contribution in [0.5, 0.6) is 0 Å². The number of likely N-dealkylation sites (tertiary alicyclic amines) is 1. The van der Waals surface area contributed by atoms with Gasteiger partial charge in [-0.15, -0.1) is 0 Å². The molecule has 0 bridgehead atoms. The predicted molar refractivity (Wildman–Crippen MR) is 157 cm³/mol. The minimum atomic E-state index is -3.81. The number of anilines is 1. The Morgan fingerprint density at radius 1 is 0.821 bits per heavy atom. The van der Waals surface area contributed by atoms with E-state index >= 15 is 0 Å². The molecule has 1 aliphatic rings. The van der Waals surface area contributed by atoms with Crippen LogP contribution in [0.25, 0.3) is 10.8 Å². The van der Waals surface area contributed by atoms with Crippen LogP contribution < -0.4 is 10.0 Å². The third-order valence-electron chi connectivity index (χ3n) is 7.67. The summed E-state index contributed by atoms with van der Waals surface area (Å²) < 4.78 is 30.6. The quantitative estimate of drug-likeness (QED) is 0.308. The van der Waals surface area contributed by atoms with Gasteiger partial charge in [-0.1, -0.05) is 86.6 Å². The number of hydrogen-bond donors (Lipinski definition) is 2. The van der Waals surface area contributed by atoms with Crippen molar-refractivity contribution in [2.75, 3.05) is 18.4 Å². The highest BCUT2D eigenvalue weighted by Gasteiger charge is 2.35. The minimum Gasteiger partial charge on any atom is -0.321 e. The fourth-order valence-electron chi connectivity index (χ4n) is 5.75. The number of nitrogens with one attached hydrogen (secondary N) is 2. The number of sulfonamides is 1. The first-order valence-electron chi connectivity index (χ1n) is 13.4. The van der Waals surface area contributed by atoms with Crippen molar-refractivity contribution in [3.05, 3.63) is 108 Å². The highest BCUT2D eigenvalue weighted by Crippen LogP contribution is 2.32. The smallest absolute Gasteiger partial charge is 0.255 e. The van der Waals surface area contributed by atoms with Gasteiger partial charge in [0.05, 0.1) is 4.90 Å². The maximum atomic E-state index is 13.8. The molecule has 1 amide bonds. The maximum absolute atomic E-state index is 13.8. The van der Waals surface area contributed by atoms with E-state index < -0.39 is 10.0 Å². The summed E-state index contributed by atoms with van der Waals surface area (Å²) in [5.74, 6) is 0.0641. The molecule has 3 atom stereocenters. The highest BCUT2D eigenvalue weighted by atomic mass is 32.2. The SMILES string of the molecule is Cc1ccccc1C(=O)Nc1ccc(S(=O)(=O)NC2[C@H](C)CN(Cc3ccccc3)C[C@@H]2C)c2ccccc12. The summed E-state index contributed by atoms with van der Waals surface area (Å²) in [6, 6.07) is 28.2. The van der Waals surface area contributed by atoms with Crippen molar-refractivity contribution in [1.29, 1.82) is 0 Å². The Morgan fingerprint density at radius 2 is 1.44 bits per heavy atom. The lowest BCUT2D eigenvalue weighted by atomic mass is 9.86. The molecular weight excluding hydrogens is 506 g/mol. The lowest BCUT2D eigenvalue weighted by molar-refractivity contribution is 0.102. The van der Waals surface area contributed by atoms with Crippen molar-refractivity contribution in [1.82, 2.24) is 9.62 Å². The highest BCUT2D eigenvalue weighted by molar-refractivity contribution is 7.89. The number of benzene rings is 4. The molecule has 0 aliphatic carbocycles. The zero-order chi connectivity index (χ0) is 27.6. The number of amides is 1. The van der Waals surface area contributed by atoms with Crippen LogP contribution >= 0.6 is 0 Å². The van der Waals surface area contributed by atoms with Crippen LogP contribution in [0.2, 0.25) is 0 Å². The van der Waals surface area contributed by atoms with Crippen molar-refractivity contribution in [3.8, 4) is 0 Å². The largest absolute Gasteiger partial charge is 0.321 e. The number of fused-ring (bicyclic) bond motifs is 1. The summed E-state index contributed by atoms with van der Waals surface area (Å²) in [6.07, 6.45) is 0. The molecule has 39 heavy (non-hydrogen) atoms. The fraction of sp³-hybridized carbons (Fsp3) is 0.281. The first-order chi connectivity index (χ1) is 18.7. The van der Waals surface area contributed by atoms with Gasteiger partial charge < -0.3 is 5.32 Å². The van der Waals surface area contributed by atoms with Crippen molar-refractivity contribution >= 4 is 32.4 Å².